The van der Waals surface area contributed by atoms with Crippen molar-refractivity contribution in [2.24, 2.45) is 0 Å². The molecule has 48 heavy (non-hydrogen) atoms. The standard InChI is InChI=1S/C35H19F11O2/c1-2-3-4-5-22-16-28(37)25(29(38)17-22)12-8-20-6-10-23(27(36)14-20)11-7-21-9-13-26(30(39)15-21)34(42,43)47-24-18-31(40)33(32(41)19-24)48-35(44,45)46/h2-3,6,9-10,13-19H,4-5H2,1H3/b3-2+. The molecule has 0 N–H and O–H groups in total. The van der Waals surface area contributed by atoms with E-state index >= 15 is 0 Å². The molecular weight excluding hydrogens is 661 g/mol. The van der Waals surface area contributed by atoms with Crippen molar-refractivity contribution < 1.29 is 57.8 Å². The molecule has 0 aliphatic rings. The largest absolute Gasteiger partial charge is 0.573 e. The summed E-state index contributed by atoms with van der Waals surface area (Å²) < 4.78 is 159. The van der Waals surface area contributed by atoms with Crippen LogP contribution in [0.25, 0.3) is 0 Å². The maximum Gasteiger partial charge on any atom is 0.573 e. The van der Waals surface area contributed by atoms with E-state index in [0.717, 1.165) is 12.1 Å². The Morgan fingerprint density at radius 1 is 0.625 bits per heavy atom. The number of alkyl halides is 5. The van der Waals surface area contributed by atoms with Crippen molar-refractivity contribution in [3.63, 3.8) is 0 Å². The Labute approximate surface area is 266 Å². The van der Waals surface area contributed by atoms with Gasteiger partial charge in [-0.1, -0.05) is 35.8 Å². The van der Waals surface area contributed by atoms with Gasteiger partial charge in [0, 0.05) is 23.3 Å². The Morgan fingerprint density at radius 2 is 1.21 bits per heavy atom. The minimum absolute atomic E-state index is 0.0114. The molecule has 0 atom stereocenters. The van der Waals surface area contributed by atoms with Gasteiger partial charge in [-0.3, -0.25) is 0 Å². The molecule has 4 aromatic carbocycles. The first kappa shape index (κ1) is 35.4. The molecule has 4 rings (SSSR count). The van der Waals surface area contributed by atoms with E-state index in [-0.39, 0.29) is 28.8 Å². The Morgan fingerprint density at radius 3 is 1.77 bits per heavy atom. The number of aryl methyl sites for hydroxylation is 1. The highest BCUT2D eigenvalue weighted by molar-refractivity contribution is 5.50. The maximum absolute atomic E-state index is 14.7. The summed E-state index contributed by atoms with van der Waals surface area (Å²) in [5, 5.41) is 0. The number of benzene rings is 4. The molecule has 4 aromatic rings. The van der Waals surface area contributed by atoms with Gasteiger partial charge in [-0.15, -0.1) is 13.2 Å². The van der Waals surface area contributed by atoms with Gasteiger partial charge in [0.25, 0.3) is 0 Å². The normalized spacial score (nSPS) is 11.5. The number of halogens is 11. The average molecular weight is 681 g/mol. The van der Waals surface area contributed by atoms with Crippen LogP contribution in [0, 0.1) is 58.6 Å². The number of hydrogen-bond donors (Lipinski definition) is 0. The van der Waals surface area contributed by atoms with E-state index in [1.54, 1.807) is 0 Å². The molecule has 0 heterocycles. The summed E-state index contributed by atoms with van der Waals surface area (Å²) in [5.74, 6) is -1.92. The molecule has 0 fully saturated rings. The summed E-state index contributed by atoms with van der Waals surface area (Å²) in [6, 6.07) is 7.69. The molecule has 2 nitrogen and oxygen atoms in total. The molecule has 248 valence electrons. The molecule has 0 saturated carbocycles. The van der Waals surface area contributed by atoms with Gasteiger partial charge in [-0.25, -0.2) is 26.3 Å². The van der Waals surface area contributed by atoms with Crippen molar-refractivity contribution in [3.05, 3.63) is 141 Å². The lowest BCUT2D eigenvalue weighted by molar-refractivity contribution is -0.276. The number of rotatable bonds is 7. The first-order chi connectivity index (χ1) is 22.6. The lowest BCUT2D eigenvalue weighted by atomic mass is 10.0. The van der Waals surface area contributed by atoms with Gasteiger partial charge < -0.3 is 9.47 Å². The van der Waals surface area contributed by atoms with Gasteiger partial charge in [0.15, 0.2) is 11.6 Å². The second kappa shape index (κ2) is 14.6. The number of allylic oxidation sites excluding steroid dienone is 2. The molecule has 0 bridgehead atoms. The van der Waals surface area contributed by atoms with Crippen LogP contribution in [-0.2, 0) is 12.5 Å². The Hall–Kier alpha value is -5.43. The quantitative estimate of drug-likeness (QED) is 0.110. The third-order valence-corrected chi connectivity index (χ3v) is 6.30. The van der Waals surface area contributed by atoms with Gasteiger partial charge in [0.05, 0.1) is 11.1 Å². The molecular formula is C35H19F11O2. The van der Waals surface area contributed by atoms with E-state index in [1.807, 2.05) is 19.1 Å². The van der Waals surface area contributed by atoms with Crippen molar-refractivity contribution in [1.29, 1.82) is 0 Å². The van der Waals surface area contributed by atoms with Gasteiger partial charge in [-0.05, 0) is 73.9 Å². The zero-order valence-corrected chi connectivity index (χ0v) is 24.3. The maximum atomic E-state index is 14.7. The Bertz CT molecular complexity index is 1950. The lowest BCUT2D eigenvalue weighted by Crippen LogP contribution is -2.24. The van der Waals surface area contributed by atoms with Crippen LogP contribution in [0.4, 0.5) is 48.3 Å². The lowest BCUT2D eigenvalue weighted by Gasteiger charge is -2.19. The molecule has 0 aliphatic carbocycles. The summed E-state index contributed by atoms with van der Waals surface area (Å²) >= 11 is 0. The zero-order valence-electron chi connectivity index (χ0n) is 24.3. The van der Waals surface area contributed by atoms with Crippen molar-refractivity contribution in [2.75, 3.05) is 0 Å². The average Bonchev–Trinajstić information content (AvgIpc) is 2.97. The van der Waals surface area contributed by atoms with Crippen LogP contribution in [0.15, 0.2) is 72.8 Å². The molecule has 0 aromatic heterocycles. The molecule has 0 aliphatic heterocycles. The van der Waals surface area contributed by atoms with Gasteiger partial charge >= 0.3 is 12.5 Å². The van der Waals surface area contributed by atoms with Crippen LogP contribution < -0.4 is 9.47 Å². The van der Waals surface area contributed by atoms with Gasteiger partial charge in [0.1, 0.15) is 34.6 Å². The zero-order chi connectivity index (χ0) is 35.2. The number of ether oxygens (including phenoxy) is 2. The van der Waals surface area contributed by atoms with Crippen molar-refractivity contribution in [2.45, 2.75) is 32.2 Å². The van der Waals surface area contributed by atoms with E-state index in [4.69, 9.17) is 0 Å². The molecule has 0 saturated heterocycles. The summed E-state index contributed by atoms with van der Waals surface area (Å²) in [6.07, 6.45) is -5.35. The first-order valence-electron chi connectivity index (χ1n) is 13.6. The molecule has 0 amide bonds. The summed E-state index contributed by atoms with van der Waals surface area (Å²) in [6.45, 7) is 1.82. The highest BCUT2D eigenvalue weighted by Crippen LogP contribution is 2.37. The minimum atomic E-state index is -5.48. The third-order valence-electron chi connectivity index (χ3n) is 6.30. The Balaban J connectivity index is 1.48. The second-order valence-electron chi connectivity index (χ2n) is 9.81. The highest BCUT2D eigenvalue weighted by Gasteiger charge is 2.39. The van der Waals surface area contributed by atoms with Crippen LogP contribution >= 0.6 is 0 Å². The van der Waals surface area contributed by atoms with Crippen molar-refractivity contribution in [1.82, 2.24) is 0 Å². The predicted molar refractivity (Wildman–Crippen MR) is 152 cm³/mol. The van der Waals surface area contributed by atoms with Crippen LogP contribution in [-0.4, -0.2) is 6.36 Å². The van der Waals surface area contributed by atoms with Crippen LogP contribution in [0.1, 0.15) is 46.7 Å². The van der Waals surface area contributed by atoms with Gasteiger partial charge in [0.2, 0.25) is 5.75 Å². The molecule has 13 heteroatoms. The van der Waals surface area contributed by atoms with Crippen LogP contribution in [0.3, 0.4) is 0 Å². The smallest absolute Gasteiger partial charge is 0.429 e. The van der Waals surface area contributed by atoms with E-state index < -0.39 is 70.0 Å². The van der Waals surface area contributed by atoms with Crippen LogP contribution in [0.5, 0.6) is 11.5 Å². The number of hydrogen-bond acceptors (Lipinski definition) is 2. The van der Waals surface area contributed by atoms with Crippen molar-refractivity contribution in [3.8, 4) is 35.2 Å². The third kappa shape index (κ3) is 9.10. The van der Waals surface area contributed by atoms with Crippen LogP contribution in [0.2, 0.25) is 0 Å². The van der Waals surface area contributed by atoms with Gasteiger partial charge in [-0.2, -0.15) is 8.78 Å². The predicted octanol–water partition coefficient (Wildman–Crippen LogP) is 9.86. The summed E-state index contributed by atoms with van der Waals surface area (Å²) in [7, 11) is 0. The fraction of sp³-hybridized carbons (Fsp3) is 0.143. The summed E-state index contributed by atoms with van der Waals surface area (Å²) in [5.41, 5.74) is -1.85. The second-order valence-corrected chi connectivity index (χ2v) is 9.81. The molecule has 0 spiro atoms. The minimum Gasteiger partial charge on any atom is -0.429 e. The monoisotopic (exact) mass is 680 g/mol. The summed E-state index contributed by atoms with van der Waals surface area (Å²) in [4.78, 5) is 0. The highest BCUT2D eigenvalue weighted by atomic mass is 19.4. The Kier molecular flexibility index (Phi) is 10.7. The molecule has 0 radical (unpaired) electrons. The fourth-order valence-electron chi connectivity index (χ4n) is 4.12. The SMILES string of the molecule is C/C=C/CCc1cc(F)c(C#Cc2ccc(C#Cc3ccc(C(F)(F)Oc4cc(F)c(OC(F)(F)F)c(F)c4)c(F)c3)c(F)c2)c(F)c1. The topological polar surface area (TPSA) is 18.5 Å². The fourth-order valence-corrected chi connectivity index (χ4v) is 4.12. The van der Waals surface area contributed by atoms with E-state index in [2.05, 4.69) is 33.2 Å². The van der Waals surface area contributed by atoms with E-state index in [0.29, 0.717) is 30.5 Å². The van der Waals surface area contributed by atoms with E-state index in [9.17, 15) is 48.3 Å². The van der Waals surface area contributed by atoms with Crippen molar-refractivity contribution >= 4 is 0 Å². The first-order valence-corrected chi connectivity index (χ1v) is 13.6. The van der Waals surface area contributed by atoms with E-state index in [1.165, 1.54) is 24.3 Å². The molecule has 0 unspecified atom stereocenters.